The number of carbonyl (C=O) groups is 2. The lowest BCUT2D eigenvalue weighted by molar-refractivity contribution is -0.319. The summed E-state index contributed by atoms with van der Waals surface area (Å²) in [4.78, 5) is 31.9. The van der Waals surface area contributed by atoms with Gasteiger partial charge < -0.3 is 48.3 Å². The van der Waals surface area contributed by atoms with E-state index >= 15 is 0 Å². The number of rotatable bonds is 7. The zero-order chi connectivity index (χ0) is 36.6. The largest absolute Gasteiger partial charge is 0.461 e. The molecule has 0 spiro atoms. The number of hydrogen-bond acceptors (Lipinski definition) is 13. The Morgan fingerprint density at radius 2 is 1.57 bits per heavy atom. The summed E-state index contributed by atoms with van der Waals surface area (Å²) in [5.74, 6) is -2.13. The summed E-state index contributed by atoms with van der Waals surface area (Å²) >= 11 is 0. The predicted molar refractivity (Wildman–Crippen MR) is 181 cm³/mol. The Morgan fingerprint density at radius 1 is 0.918 bits per heavy atom. The van der Waals surface area contributed by atoms with Crippen LogP contribution in [-0.2, 0) is 42.7 Å². The van der Waals surface area contributed by atoms with Crippen LogP contribution in [0.3, 0.4) is 0 Å². The maximum Gasteiger partial charge on any atom is 0.311 e. The highest BCUT2D eigenvalue weighted by molar-refractivity contribution is 5.85. The molecule has 4 saturated heterocycles. The van der Waals surface area contributed by atoms with Crippen LogP contribution in [0.25, 0.3) is 0 Å². The highest BCUT2D eigenvalue weighted by atomic mass is 16.7. The molecule has 4 rings (SSSR count). The van der Waals surface area contributed by atoms with Crippen molar-refractivity contribution in [2.24, 2.45) is 17.8 Å². The molecule has 0 amide bonds. The summed E-state index contributed by atoms with van der Waals surface area (Å²) in [6.07, 6.45) is -4.81. The molecule has 4 aliphatic rings. The highest BCUT2D eigenvalue weighted by Crippen LogP contribution is 2.41. The molecule has 1 unspecified atom stereocenters. The Hall–Kier alpha value is -1.26. The van der Waals surface area contributed by atoms with Crippen LogP contribution in [0.5, 0.6) is 0 Å². The highest BCUT2D eigenvalue weighted by Gasteiger charge is 2.52. The molecule has 0 saturated carbocycles. The molecule has 4 heterocycles. The van der Waals surface area contributed by atoms with Crippen LogP contribution in [0.15, 0.2) is 0 Å². The summed E-state index contributed by atoms with van der Waals surface area (Å²) < 4.78 is 44.2. The van der Waals surface area contributed by atoms with E-state index in [1.165, 1.54) is 0 Å². The van der Waals surface area contributed by atoms with E-state index < -0.39 is 78.0 Å². The monoisotopic (exact) mass is 700 g/mol. The van der Waals surface area contributed by atoms with Gasteiger partial charge >= 0.3 is 5.97 Å². The third-order valence-corrected chi connectivity index (χ3v) is 11.9. The van der Waals surface area contributed by atoms with E-state index in [4.69, 9.17) is 33.2 Å². The fourth-order valence-corrected chi connectivity index (χ4v) is 8.49. The number of nitrogens with zero attached hydrogens (tertiary/aromatic N) is 2. The second-order valence-corrected chi connectivity index (χ2v) is 15.9. The van der Waals surface area contributed by atoms with Crippen molar-refractivity contribution in [3.8, 4) is 0 Å². The first-order valence-electron chi connectivity index (χ1n) is 18.1. The lowest BCUT2D eigenvalue weighted by atomic mass is 9.76. The van der Waals surface area contributed by atoms with Gasteiger partial charge in [0.15, 0.2) is 18.4 Å². The van der Waals surface area contributed by atoms with Gasteiger partial charge in [-0.05, 0) is 74.9 Å². The maximum atomic E-state index is 14.0. The van der Waals surface area contributed by atoms with Crippen LogP contribution in [0.4, 0.5) is 0 Å². The number of fused-ring (bicyclic) bond motifs is 2. The average Bonchev–Trinajstić information content (AvgIpc) is 3.52. The Labute approximate surface area is 293 Å². The Morgan fingerprint density at radius 3 is 2.18 bits per heavy atom. The van der Waals surface area contributed by atoms with Gasteiger partial charge in [-0.25, -0.2) is 0 Å². The van der Waals surface area contributed by atoms with Gasteiger partial charge in [-0.1, -0.05) is 13.8 Å². The third kappa shape index (κ3) is 8.69. The van der Waals surface area contributed by atoms with Crippen molar-refractivity contribution in [2.75, 3.05) is 41.4 Å². The van der Waals surface area contributed by atoms with Crippen LogP contribution >= 0.6 is 0 Å². The second kappa shape index (κ2) is 16.2. The first kappa shape index (κ1) is 40.5. The van der Waals surface area contributed by atoms with Crippen LogP contribution in [0.1, 0.15) is 81.1 Å². The number of methoxy groups -OCH3 is 2. The number of esters is 1. The Kier molecular flexibility index (Phi) is 13.4. The number of hydrogen-bond donors (Lipinski definition) is 2. The summed E-state index contributed by atoms with van der Waals surface area (Å²) in [5.41, 5.74) is -2.04. The quantitative estimate of drug-likeness (QED) is 0.376. The summed E-state index contributed by atoms with van der Waals surface area (Å²) in [6.45, 7) is 16.1. The van der Waals surface area contributed by atoms with Gasteiger partial charge in [0.1, 0.15) is 18.3 Å². The lowest BCUT2D eigenvalue weighted by Gasteiger charge is -2.49. The smallest absolute Gasteiger partial charge is 0.311 e. The van der Waals surface area contributed by atoms with E-state index in [2.05, 4.69) is 4.90 Å². The third-order valence-electron chi connectivity index (χ3n) is 11.9. The summed E-state index contributed by atoms with van der Waals surface area (Å²) in [5, 5.41) is 22.4. The molecular formula is C36H64N2O11. The van der Waals surface area contributed by atoms with Crippen LogP contribution in [0, 0.1) is 17.8 Å². The van der Waals surface area contributed by atoms with Gasteiger partial charge in [-0.3, -0.25) is 14.5 Å². The number of likely N-dealkylation sites (N-methyl/N-ethyl adjacent to an activating group) is 1. The predicted octanol–water partition coefficient (Wildman–Crippen LogP) is 2.38. The van der Waals surface area contributed by atoms with Gasteiger partial charge in [0.2, 0.25) is 0 Å². The lowest BCUT2D eigenvalue weighted by Crippen LogP contribution is -2.61. The van der Waals surface area contributed by atoms with E-state index in [0.29, 0.717) is 32.4 Å². The fourth-order valence-electron chi connectivity index (χ4n) is 8.49. The minimum atomic E-state index is -1.09. The van der Waals surface area contributed by atoms with E-state index in [0.717, 1.165) is 0 Å². The fraction of sp³-hybridized carbons (Fsp3) is 0.944. The molecule has 13 heteroatoms. The SMILES string of the molecule is CO[C@]1(C)C[C@H](O[C@H]2[C@H](C)[C@@H](O[C@@H]3O[C@H](C)C[C@H](N(C)C)[C@H]3O)[C@@](C)(OC)C[C@@H](C)C(=O)[C@H](C)N3CC[C@H](C3)OC(=O)[C@@H]2C)O[C@@H](C)[C@@H]1O. The molecule has 2 bridgehead atoms. The minimum absolute atomic E-state index is 0.0668. The van der Waals surface area contributed by atoms with Crippen molar-refractivity contribution < 1.29 is 53.0 Å². The summed E-state index contributed by atoms with van der Waals surface area (Å²) in [7, 11) is 6.96. The minimum Gasteiger partial charge on any atom is -0.461 e. The average molecular weight is 701 g/mol. The Balaban J connectivity index is 1.79. The summed E-state index contributed by atoms with van der Waals surface area (Å²) in [6, 6.07) is -0.590. The zero-order valence-corrected chi connectivity index (χ0v) is 31.8. The van der Waals surface area contributed by atoms with Crippen molar-refractivity contribution in [2.45, 2.75) is 160 Å². The van der Waals surface area contributed by atoms with Crippen molar-refractivity contribution in [1.82, 2.24) is 9.80 Å². The van der Waals surface area contributed by atoms with E-state index in [9.17, 15) is 19.8 Å². The molecule has 284 valence electrons. The number of ketones is 1. The number of ether oxygens (including phenoxy) is 7. The second-order valence-electron chi connectivity index (χ2n) is 15.9. The maximum absolute atomic E-state index is 14.0. The molecular weight excluding hydrogens is 636 g/mol. The molecule has 2 N–H and O–H groups in total. The topological polar surface area (TPSA) is 146 Å². The molecule has 0 aromatic heterocycles. The molecule has 0 aliphatic carbocycles. The molecule has 0 aromatic rings. The number of aliphatic hydroxyl groups is 2. The van der Waals surface area contributed by atoms with Gasteiger partial charge in [0.25, 0.3) is 0 Å². The van der Waals surface area contributed by atoms with Gasteiger partial charge in [-0.2, -0.15) is 0 Å². The molecule has 49 heavy (non-hydrogen) atoms. The van der Waals surface area contributed by atoms with E-state index in [1.54, 1.807) is 28.1 Å². The standard InChI is InChI=1S/C36H64N2O11/c1-19-16-36(8,44-12)32(49-34-29(40)26(37(9)10)15-20(2)45-34)21(3)30(48-27-17-35(7,43-11)31(41)24(6)46-27)22(4)33(42)47-25-13-14-38(18-25)23(5)28(19)39/h19-27,29-32,34,40-41H,13-18H2,1-12H3/t19-,20-,21+,22-,23+,24+,25-,26+,27+,29-,30+,31+,32-,34+,35-,36+/m1/s1. The van der Waals surface area contributed by atoms with Gasteiger partial charge in [0, 0.05) is 51.6 Å². The first-order valence-corrected chi connectivity index (χ1v) is 18.1. The van der Waals surface area contributed by atoms with Crippen LogP contribution < -0.4 is 0 Å². The molecule has 0 aromatic carbocycles. The van der Waals surface area contributed by atoms with E-state index in [1.807, 2.05) is 60.5 Å². The zero-order valence-electron chi connectivity index (χ0n) is 31.8. The number of Topliss-reactive ketones (excluding diaryl/α,β-unsaturated/α-hetero) is 1. The molecule has 17 atom stereocenters. The normalized spacial score (nSPS) is 49.1. The van der Waals surface area contributed by atoms with Crippen LogP contribution in [-0.4, -0.2) is 152 Å². The van der Waals surface area contributed by atoms with Crippen molar-refractivity contribution in [3.05, 3.63) is 0 Å². The number of aliphatic hydroxyl groups excluding tert-OH is 2. The van der Waals surface area contributed by atoms with Crippen molar-refractivity contribution in [3.63, 3.8) is 0 Å². The molecule has 4 fully saturated rings. The molecule has 4 aliphatic heterocycles. The number of carbonyl (C=O) groups excluding carboxylic acids is 2. The van der Waals surface area contributed by atoms with Gasteiger partial charge in [-0.15, -0.1) is 0 Å². The molecule has 0 radical (unpaired) electrons. The van der Waals surface area contributed by atoms with Crippen molar-refractivity contribution >= 4 is 11.8 Å². The van der Waals surface area contributed by atoms with E-state index in [-0.39, 0.29) is 36.5 Å². The first-order chi connectivity index (χ1) is 22.8. The van der Waals surface area contributed by atoms with Gasteiger partial charge in [0.05, 0.1) is 47.6 Å². The van der Waals surface area contributed by atoms with Crippen molar-refractivity contribution in [1.29, 1.82) is 0 Å². The van der Waals surface area contributed by atoms with Crippen LogP contribution in [0.2, 0.25) is 0 Å². The molecule has 13 nitrogen and oxygen atoms in total. The Bertz CT molecular complexity index is 1130.